The molecule has 0 saturated heterocycles. The number of benzene rings is 2. The molecule has 0 aliphatic heterocycles. The van der Waals surface area contributed by atoms with Crippen molar-refractivity contribution in [2.75, 3.05) is 0 Å². The van der Waals surface area contributed by atoms with Gasteiger partial charge in [-0.2, -0.15) is 0 Å². The molecule has 0 heterocycles. The normalized spacial score (nSPS) is 11.1. The number of phenols is 1. The maximum Gasteiger partial charge on any atom is 0.127 e. The van der Waals surface area contributed by atoms with E-state index in [0.717, 1.165) is 22.4 Å². The van der Waals surface area contributed by atoms with E-state index in [1.165, 1.54) is 3.57 Å². The van der Waals surface area contributed by atoms with Crippen LogP contribution in [-0.2, 0) is 0 Å². The fraction of sp³-hybridized carbons (Fsp3) is 0.133. The van der Waals surface area contributed by atoms with Crippen LogP contribution in [0.5, 0.6) is 5.75 Å². The lowest BCUT2D eigenvalue weighted by Gasteiger charge is -2.04. The predicted molar refractivity (Wildman–Crippen MR) is 84.0 cm³/mol. The van der Waals surface area contributed by atoms with E-state index in [0.29, 0.717) is 5.75 Å². The average Bonchev–Trinajstić information content (AvgIpc) is 2.34. The van der Waals surface area contributed by atoms with E-state index in [-0.39, 0.29) is 0 Å². The predicted octanol–water partition coefficient (Wildman–Crippen LogP) is 4.36. The van der Waals surface area contributed by atoms with E-state index in [9.17, 15) is 5.11 Å². The summed E-state index contributed by atoms with van der Waals surface area (Å²) in [6.45, 7) is 3.90. The summed E-state index contributed by atoms with van der Waals surface area (Å²) in [6.07, 6.45) is 1.71. The van der Waals surface area contributed by atoms with Crippen molar-refractivity contribution in [3.8, 4) is 5.75 Å². The van der Waals surface area contributed by atoms with Crippen LogP contribution in [0.4, 0.5) is 5.69 Å². The fourth-order valence-corrected chi connectivity index (χ4v) is 2.12. The second kappa shape index (κ2) is 5.52. The Kier molecular flexibility index (Phi) is 4.01. The van der Waals surface area contributed by atoms with Crippen LogP contribution < -0.4 is 0 Å². The van der Waals surface area contributed by atoms with Gasteiger partial charge in [-0.15, -0.1) is 0 Å². The Morgan fingerprint density at radius 2 is 1.78 bits per heavy atom. The van der Waals surface area contributed by atoms with Crippen molar-refractivity contribution in [2.24, 2.45) is 4.99 Å². The van der Waals surface area contributed by atoms with Crippen LogP contribution >= 0.6 is 22.6 Å². The van der Waals surface area contributed by atoms with E-state index < -0.39 is 0 Å². The second-order valence-electron chi connectivity index (χ2n) is 4.25. The van der Waals surface area contributed by atoms with Gasteiger partial charge in [0.15, 0.2) is 0 Å². The first-order valence-electron chi connectivity index (χ1n) is 5.66. The summed E-state index contributed by atoms with van der Waals surface area (Å²) in [5.74, 6) is 0.301. The first-order chi connectivity index (χ1) is 8.56. The van der Waals surface area contributed by atoms with Gasteiger partial charge < -0.3 is 5.11 Å². The summed E-state index contributed by atoms with van der Waals surface area (Å²) in [5, 5.41) is 9.95. The summed E-state index contributed by atoms with van der Waals surface area (Å²) in [7, 11) is 0. The lowest BCUT2D eigenvalue weighted by molar-refractivity contribution is 0.470. The van der Waals surface area contributed by atoms with Crippen molar-refractivity contribution in [3.05, 3.63) is 56.7 Å². The minimum atomic E-state index is 0.301. The van der Waals surface area contributed by atoms with Gasteiger partial charge in [0, 0.05) is 15.3 Å². The number of halogens is 1. The maximum atomic E-state index is 9.95. The highest BCUT2D eigenvalue weighted by Gasteiger charge is 2.03. The molecule has 0 atom stereocenters. The number of aryl methyl sites for hydroxylation is 2. The molecule has 0 fully saturated rings. The van der Waals surface area contributed by atoms with Crippen molar-refractivity contribution in [3.63, 3.8) is 0 Å². The highest BCUT2D eigenvalue weighted by molar-refractivity contribution is 14.1. The highest BCUT2D eigenvalue weighted by atomic mass is 127. The number of hydrogen-bond acceptors (Lipinski definition) is 2. The van der Waals surface area contributed by atoms with Gasteiger partial charge in [-0.3, -0.25) is 4.99 Å². The van der Waals surface area contributed by atoms with Crippen molar-refractivity contribution < 1.29 is 5.11 Å². The van der Waals surface area contributed by atoms with Crippen LogP contribution in [0.2, 0.25) is 0 Å². The van der Waals surface area contributed by atoms with Crippen LogP contribution in [0.3, 0.4) is 0 Å². The quantitative estimate of drug-likeness (QED) is 0.633. The Balaban J connectivity index is 2.31. The molecule has 2 nitrogen and oxygen atoms in total. The van der Waals surface area contributed by atoms with Crippen LogP contribution in [0.15, 0.2) is 41.4 Å². The number of phenolic OH excluding ortho intramolecular Hbond substituents is 1. The molecule has 2 aromatic carbocycles. The third kappa shape index (κ3) is 3.10. The first kappa shape index (κ1) is 13.1. The van der Waals surface area contributed by atoms with Gasteiger partial charge in [-0.25, -0.2) is 0 Å². The SMILES string of the molecule is Cc1cc(C)c(O)c(C=Nc2ccc(I)cc2)c1. The summed E-state index contributed by atoms with van der Waals surface area (Å²) >= 11 is 2.26. The van der Waals surface area contributed by atoms with E-state index in [4.69, 9.17) is 0 Å². The Hall–Kier alpha value is -1.36. The lowest BCUT2D eigenvalue weighted by Crippen LogP contribution is -1.87. The molecular formula is C15H14INO. The number of rotatable bonds is 2. The molecule has 18 heavy (non-hydrogen) atoms. The van der Waals surface area contributed by atoms with Crippen molar-refractivity contribution >= 4 is 34.5 Å². The van der Waals surface area contributed by atoms with Crippen LogP contribution in [0.25, 0.3) is 0 Å². The van der Waals surface area contributed by atoms with Gasteiger partial charge in [-0.05, 0) is 77.9 Å². The monoisotopic (exact) mass is 351 g/mol. The minimum absolute atomic E-state index is 0.301. The summed E-state index contributed by atoms with van der Waals surface area (Å²) in [5.41, 5.74) is 3.63. The number of hydrogen-bond donors (Lipinski definition) is 1. The van der Waals surface area contributed by atoms with Crippen molar-refractivity contribution in [1.29, 1.82) is 0 Å². The second-order valence-corrected chi connectivity index (χ2v) is 5.50. The fourth-order valence-electron chi connectivity index (χ4n) is 1.76. The van der Waals surface area contributed by atoms with Gasteiger partial charge in [-0.1, -0.05) is 6.07 Å². The van der Waals surface area contributed by atoms with E-state index in [1.807, 2.05) is 50.2 Å². The zero-order valence-electron chi connectivity index (χ0n) is 10.3. The molecular weight excluding hydrogens is 337 g/mol. The smallest absolute Gasteiger partial charge is 0.127 e. The minimum Gasteiger partial charge on any atom is -0.507 e. The van der Waals surface area contributed by atoms with E-state index in [1.54, 1.807) is 6.21 Å². The third-order valence-electron chi connectivity index (χ3n) is 2.65. The zero-order valence-corrected chi connectivity index (χ0v) is 12.5. The van der Waals surface area contributed by atoms with Crippen molar-refractivity contribution in [1.82, 2.24) is 0 Å². The van der Waals surface area contributed by atoms with E-state index >= 15 is 0 Å². The van der Waals surface area contributed by atoms with Gasteiger partial charge in [0.2, 0.25) is 0 Å². The standard InChI is InChI=1S/C15H14INO/c1-10-7-11(2)15(18)12(8-10)9-17-14-5-3-13(16)4-6-14/h3-9,18H,1-2H3. The third-order valence-corrected chi connectivity index (χ3v) is 3.37. The molecule has 0 spiro atoms. The maximum absolute atomic E-state index is 9.95. The molecule has 0 aliphatic rings. The number of aliphatic imine (C=N–C) groups is 1. The van der Waals surface area contributed by atoms with Gasteiger partial charge in [0.1, 0.15) is 5.75 Å². The molecule has 0 saturated carbocycles. The Labute approximate surface area is 121 Å². The van der Waals surface area contributed by atoms with Gasteiger partial charge in [0.05, 0.1) is 5.69 Å². The summed E-state index contributed by atoms with van der Waals surface area (Å²) in [6, 6.07) is 11.8. The molecule has 1 N–H and O–H groups in total. The Morgan fingerprint density at radius 3 is 2.44 bits per heavy atom. The number of aromatic hydroxyl groups is 1. The molecule has 2 rings (SSSR count). The molecule has 0 amide bonds. The average molecular weight is 351 g/mol. The van der Waals surface area contributed by atoms with Crippen LogP contribution in [0.1, 0.15) is 16.7 Å². The molecule has 0 bridgehead atoms. The molecule has 0 aliphatic carbocycles. The van der Waals surface area contributed by atoms with Crippen molar-refractivity contribution in [2.45, 2.75) is 13.8 Å². The topological polar surface area (TPSA) is 32.6 Å². The number of nitrogens with zero attached hydrogens (tertiary/aromatic N) is 1. The molecule has 2 aromatic rings. The van der Waals surface area contributed by atoms with Crippen LogP contribution in [0, 0.1) is 17.4 Å². The van der Waals surface area contributed by atoms with Gasteiger partial charge >= 0.3 is 0 Å². The van der Waals surface area contributed by atoms with Crippen LogP contribution in [-0.4, -0.2) is 11.3 Å². The van der Waals surface area contributed by atoms with Gasteiger partial charge in [0.25, 0.3) is 0 Å². The highest BCUT2D eigenvalue weighted by Crippen LogP contribution is 2.23. The summed E-state index contributed by atoms with van der Waals surface area (Å²) < 4.78 is 1.18. The zero-order chi connectivity index (χ0) is 13.1. The summed E-state index contributed by atoms with van der Waals surface area (Å²) in [4.78, 5) is 4.37. The molecule has 92 valence electrons. The Bertz CT molecular complexity index is 588. The van der Waals surface area contributed by atoms with E-state index in [2.05, 4.69) is 27.6 Å². The Morgan fingerprint density at radius 1 is 1.11 bits per heavy atom. The molecule has 3 heteroatoms. The largest absolute Gasteiger partial charge is 0.507 e. The molecule has 0 radical (unpaired) electrons. The lowest BCUT2D eigenvalue weighted by atomic mass is 10.1. The molecule has 0 unspecified atom stereocenters. The molecule has 0 aromatic heterocycles. The first-order valence-corrected chi connectivity index (χ1v) is 6.74.